The van der Waals surface area contributed by atoms with E-state index in [1.807, 2.05) is 6.92 Å². The second-order valence-electron chi connectivity index (χ2n) is 5.68. The van der Waals surface area contributed by atoms with E-state index >= 15 is 0 Å². The summed E-state index contributed by atoms with van der Waals surface area (Å²) in [4.78, 5) is 38.2. The smallest absolute Gasteiger partial charge is 0.335 e. The molecule has 1 heterocycles. The molecular weight excluding hydrogens is 400 g/mol. The first-order chi connectivity index (χ1) is 12.4. The number of hydrogen-bond donors (Lipinski definition) is 1. The van der Waals surface area contributed by atoms with Crippen LogP contribution in [0.5, 0.6) is 5.75 Å². The number of aryl methyl sites for hydroxylation is 1. The van der Waals surface area contributed by atoms with Gasteiger partial charge in [0.25, 0.3) is 11.8 Å². The number of carbonyl (C=O) groups is 3. The molecule has 0 aliphatic carbocycles. The summed E-state index contributed by atoms with van der Waals surface area (Å²) in [6, 6.07) is 11.3. The van der Waals surface area contributed by atoms with E-state index in [9.17, 15) is 14.4 Å². The van der Waals surface area contributed by atoms with E-state index in [4.69, 9.17) is 4.74 Å². The average molecular weight is 415 g/mol. The lowest BCUT2D eigenvalue weighted by atomic mass is 10.1. The minimum atomic E-state index is -0.776. The summed E-state index contributed by atoms with van der Waals surface area (Å²) in [5.41, 5.74) is 1.77. The Morgan fingerprint density at radius 3 is 2.42 bits per heavy atom. The molecule has 1 fully saturated rings. The van der Waals surface area contributed by atoms with Gasteiger partial charge in [-0.05, 0) is 43.3 Å². The molecule has 4 amide bonds. The van der Waals surface area contributed by atoms with Gasteiger partial charge >= 0.3 is 6.03 Å². The van der Waals surface area contributed by atoms with Crippen LogP contribution in [-0.2, 0) is 9.59 Å². The third-order valence-electron chi connectivity index (χ3n) is 3.89. The number of carbonyl (C=O) groups excluding carboxylic acids is 3. The molecule has 1 aliphatic rings. The van der Waals surface area contributed by atoms with Crippen molar-refractivity contribution in [3.63, 3.8) is 0 Å². The predicted molar refractivity (Wildman–Crippen MR) is 101 cm³/mol. The summed E-state index contributed by atoms with van der Waals surface area (Å²) in [7, 11) is 1.50. The van der Waals surface area contributed by atoms with Crippen molar-refractivity contribution in [3.05, 3.63) is 63.6 Å². The normalized spacial score (nSPS) is 16.0. The lowest BCUT2D eigenvalue weighted by Crippen LogP contribution is -2.54. The zero-order chi connectivity index (χ0) is 18.8. The fourth-order valence-corrected chi connectivity index (χ4v) is 2.94. The molecule has 1 saturated heterocycles. The number of barbiturate groups is 1. The third kappa shape index (κ3) is 3.39. The Bertz CT molecular complexity index is 935. The van der Waals surface area contributed by atoms with E-state index in [2.05, 4.69) is 21.2 Å². The third-order valence-corrected chi connectivity index (χ3v) is 4.38. The SMILES string of the molecule is COc1ccc(Br)cc1/C=C1/C(=O)NC(=O)N(c2ccc(C)cc2)C1=O. The summed E-state index contributed by atoms with van der Waals surface area (Å²) in [5, 5.41) is 2.20. The topological polar surface area (TPSA) is 75.7 Å². The molecule has 2 aromatic carbocycles. The molecule has 0 radical (unpaired) electrons. The molecule has 2 aromatic rings. The van der Waals surface area contributed by atoms with Crippen LogP contribution in [0.1, 0.15) is 11.1 Å². The molecule has 0 unspecified atom stereocenters. The number of anilines is 1. The van der Waals surface area contributed by atoms with Crippen molar-refractivity contribution in [1.29, 1.82) is 0 Å². The van der Waals surface area contributed by atoms with Gasteiger partial charge in [-0.1, -0.05) is 33.6 Å². The van der Waals surface area contributed by atoms with E-state index in [1.54, 1.807) is 42.5 Å². The van der Waals surface area contributed by atoms with Gasteiger partial charge in [0.2, 0.25) is 0 Å². The van der Waals surface area contributed by atoms with Crippen molar-refractivity contribution in [3.8, 4) is 5.75 Å². The number of nitrogens with zero attached hydrogens (tertiary/aromatic N) is 1. The van der Waals surface area contributed by atoms with Crippen LogP contribution in [-0.4, -0.2) is 25.0 Å². The van der Waals surface area contributed by atoms with Crippen LogP contribution in [0.15, 0.2) is 52.5 Å². The quantitative estimate of drug-likeness (QED) is 0.616. The molecule has 3 rings (SSSR count). The maximum absolute atomic E-state index is 12.8. The monoisotopic (exact) mass is 414 g/mol. The van der Waals surface area contributed by atoms with E-state index in [-0.39, 0.29) is 5.57 Å². The number of ether oxygens (including phenoxy) is 1. The molecular formula is C19H15BrN2O4. The lowest BCUT2D eigenvalue weighted by Gasteiger charge is -2.26. The average Bonchev–Trinajstić information content (AvgIpc) is 2.60. The van der Waals surface area contributed by atoms with Gasteiger partial charge in [0.05, 0.1) is 12.8 Å². The van der Waals surface area contributed by atoms with Crippen molar-refractivity contribution in [1.82, 2.24) is 5.32 Å². The van der Waals surface area contributed by atoms with Crippen molar-refractivity contribution in [2.45, 2.75) is 6.92 Å². The number of urea groups is 1. The van der Waals surface area contributed by atoms with Crippen LogP contribution >= 0.6 is 15.9 Å². The summed E-state index contributed by atoms with van der Waals surface area (Å²) >= 11 is 3.35. The van der Waals surface area contributed by atoms with E-state index in [1.165, 1.54) is 13.2 Å². The molecule has 0 saturated carbocycles. The maximum atomic E-state index is 12.8. The summed E-state index contributed by atoms with van der Waals surface area (Å²) in [6.45, 7) is 1.90. The summed E-state index contributed by atoms with van der Waals surface area (Å²) < 4.78 is 6.03. The van der Waals surface area contributed by atoms with Gasteiger partial charge in [-0.15, -0.1) is 0 Å². The number of hydrogen-bond acceptors (Lipinski definition) is 4. The van der Waals surface area contributed by atoms with E-state index < -0.39 is 17.8 Å². The second kappa shape index (κ2) is 7.13. The van der Waals surface area contributed by atoms with E-state index in [0.29, 0.717) is 17.0 Å². The maximum Gasteiger partial charge on any atom is 0.335 e. The van der Waals surface area contributed by atoms with Crippen LogP contribution in [0.3, 0.4) is 0 Å². The Labute approximate surface area is 158 Å². The first-order valence-corrected chi connectivity index (χ1v) is 8.51. The molecule has 0 atom stereocenters. The summed E-state index contributed by atoms with van der Waals surface area (Å²) in [6.07, 6.45) is 1.41. The Kier molecular flexibility index (Phi) is 4.90. The molecule has 1 aliphatic heterocycles. The Hall–Kier alpha value is -2.93. The number of halogens is 1. The van der Waals surface area contributed by atoms with Gasteiger partial charge in [-0.2, -0.15) is 0 Å². The standard InChI is InChI=1S/C19H15BrN2O4/c1-11-3-6-14(7-4-11)22-18(24)15(17(23)21-19(22)25)10-12-9-13(20)5-8-16(12)26-2/h3-10H,1-2H3,(H,21,23,25)/b15-10-. The Morgan fingerprint density at radius 2 is 1.77 bits per heavy atom. The number of benzene rings is 2. The van der Waals surface area contributed by atoms with E-state index in [0.717, 1.165) is 14.9 Å². The van der Waals surface area contributed by atoms with Crippen LogP contribution in [0.2, 0.25) is 0 Å². The van der Waals surface area contributed by atoms with Gasteiger partial charge in [0.1, 0.15) is 11.3 Å². The minimum Gasteiger partial charge on any atom is -0.496 e. The zero-order valence-corrected chi connectivity index (χ0v) is 15.7. The number of methoxy groups -OCH3 is 1. The summed E-state index contributed by atoms with van der Waals surface area (Å²) in [5.74, 6) is -0.935. The van der Waals surface area contributed by atoms with Gasteiger partial charge < -0.3 is 4.74 Å². The fraction of sp³-hybridized carbons (Fsp3) is 0.105. The molecule has 0 aromatic heterocycles. The molecule has 0 spiro atoms. The van der Waals surface area contributed by atoms with Crippen LogP contribution in [0, 0.1) is 6.92 Å². The highest BCUT2D eigenvalue weighted by Crippen LogP contribution is 2.27. The molecule has 1 N–H and O–H groups in total. The number of nitrogens with one attached hydrogen (secondary N) is 1. The van der Waals surface area contributed by atoms with Crippen molar-refractivity contribution in [2.24, 2.45) is 0 Å². The van der Waals surface area contributed by atoms with Gasteiger partial charge in [-0.3, -0.25) is 14.9 Å². The van der Waals surface area contributed by atoms with Crippen molar-refractivity contribution in [2.75, 3.05) is 12.0 Å². The first kappa shape index (κ1) is 17.9. The van der Waals surface area contributed by atoms with Gasteiger partial charge in [-0.25, -0.2) is 9.69 Å². The van der Waals surface area contributed by atoms with Crippen molar-refractivity contribution < 1.29 is 19.1 Å². The molecule has 6 nitrogen and oxygen atoms in total. The molecule has 132 valence electrons. The Morgan fingerprint density at radius 1 is 1.08 bits per heavy atom. The highest BCUT2D eigenvalue weighted by atomic mass is 79.9. The highest BCUT2D eigenvalue weighted by molar-refractivity contribution is 9.10. The first-order valence-electron chi connectivity index (χ1n) is 7.72. The largest absolute Gasteiger partial charge is 0.496 e. The predicted octanol–water partition coefficient (Wildman–Crippen LogP) is 3.43. The minimum absolute atomic E-state index is 0.151. The number of amides is 4. The zero-order valence-electron chi connectivity index (χ0n) is 14.1. The van der Waals surface area contributed by atoms with Gasteiger partial charge in [0, 0.05) is 10.0 Å². The van der Waals surface area contributed by atoms with Crippen molar-refractivity contribution >= 4 is 45.5 Å². The Balaban J connectivity index is 2.06. The number of rotatable bonds is 3. The molecule has 7 heteroatoms. The van der Waals surface area contributed by atoms with Crippen LogP contribution in [0.4, 0.5) is 10.5 Å². The molecule has 26 heavy (non-hydrogen) atoms. The molecule has 0 bridgehead atoms. The van der Waals surface area contributed by atoms with Crippen LogP contribution in [0.25, 0.3) is 6.08 Å². The van der Waals surface area contributed by atoms with Gasteiger partial charge in [0.15, 0.2) is 0 Å². The highest BCUT2D eigenvalue weighted by Gasteiger charge is 2.36. The van der Waals surface area contributed by atoms with Crippen LogP contribution < -0.4 is 15.0 Å². The number of imide groups is 2. The fourth-order valence-electron chi connectivity index (χ4n) is 2.56. The lowest BCUT2D eigenvalue weighted by molar-refractivity contribution is -0.122. The second-order valence-corrected chi connectivity index (χ2v) is 6.60.